The molecule has 2 saturated heterocycles. The maximum absolute atomic E-state index is 2.37. The lowest BCUT2D eigenvalue weighted by Crippen LogP contribution is -2.31. The minimum absolute atomic E-state index is 0.907. The first-order chi connectivity index (χ1) is 6.25. The second-order valence-corrected chi connectivity index (χ2v) is 6.74. The van der Waals surface area contributed by atoms with Crippen LogP contribution in [-0.4, -0.2) is 10.5 Å². The van der Waals surface area contributed by atoms with Gasteiger partial charge in [0.25, 0.3) is 0 Å². The molecule has 3 unspecified atom stereocenters. The standard InChI is InChI=1S/C12H22S/c1-9(2)8-10-6-7-11-4-3-5-12(10)13-11/h9-12H,3-8H2,1-2H3. The summed E-state index contributed by atoms with van der Waals surface area (Å²) in [5.74, 6) is 1.96. The summed E-state index contributed by atoms with van der Waals surface area (Å²) >= 11 is 2.32. The summed E-state index contributed by atoms with van der Waals surface area (Å²) in [7, 11) is 0. The fourth-order valence-electron chi connectivity index (χ4n) is 2.95. The molecule has 0 aromatic heterocycles. The fourth-order valence-corrected chi connectivity index (χ4v) is 4.79. The average Bonchev–Trinajstić information content (AvgIpc) is 2.10. The lowest BCUT2D eigenvalue weighted by atomic mass is 9.84. The molecule has 0 saturated carbocycles. The van der Waals surface area contributed by atoms with Crippen molar-refractivity contribution in [2.45, 2.75) is 62.9 Å². The molecule has 0 N–H and O–H groups in total. The van der Waals surface area contributed by atoms with Gasteiger partial charge in [-0.05, 0) is 43.9 Å². The Morgan fingerprint density at radius 2 is 2.00 bits per heavy atom. The van der Waals surface area contributed by atoms with E-state index in [2.05, 4.69) is 25.6 Å². The molecule has 2 heterocycles. The molecule has 0 spiro atoms. The average molecular weight is 198 g/mol. The van der Waals surface area contributed by atoms with Gasteiger partial charge in [-0.25, -0.2) is 0 Å². The SMILES string of the molecule is CC(C)CC1CCC2CCCC1S2. The summed E-state index contributed by atoms with van der Waals surface area (Å²) in [6.45, 7) is 4.75. The van der Waals surface area contributed by atoms with Crippen molar-refractivity contribution < 1.29 is 0 Å². The van der Waals surface area contributed by atoms with Crippen LogP contribution < -0.4 is 0 Å². The number of rotatable bonds is 2. The molecule has 3 atom stereocenters. The van der Waals surface area contributed by atoms with Crippen LogP contribution in [0.5, 0.6) is 0 Å². The fraction of sp³-hybridized carbons (Fsp3) is 1.00. The quantitative estimate of drug-likeness (QED) is 0.644. The van der Waals surface area contributed by atoms with Crippen molar-refractivity contribution in [2.75, 3.05) is 0 Å². The zero-order valence-corrected chi connectivity index (χ0v) is 9.78. The first-order valence-electron chi connectivity index (χ1n) is 5.91. The number of thioether (sulfide) groups is 1. The van der Waals surface area contributed by atoms with Gasteiger partial charge in [0.15, 0.2) is 0 Å². The Kier molecular flexibility index (Phi) is 3.23. The van der Waals surface area contributed by atoms with Crippen LogP contribution in [0, 0.1) is 11.8 Å². The van der Waals surface area contributed by atoms with Gasteiger partial charge >= 0.3 is 0 Å². The van der Waals surface area contributed by atoms with Crippen molar-refractivity contribution in [1.29, 1.82) is 0 Å². The molecule has 1 heteroatoms. The predicted molar refractivity (Wildman–Crippen MR) is 61.2 cm³/mol. The molecule has 76 valence electrons. The summed E-state index contributed by atoms with van der Waals surface area (Å²) in [5, 5.41) is 2.08. The minimum Gasteiger partial charge on any atom is -0.155 e. The highest BCUT2D eigenvalue weighted by atomic mass is 32.2. The predicted octanol–water partition coefficient (Wildman–Crippen LogP) is 4.10. The van der Waals surface area contributed by atoms with Gasteiger partial charge in [0.05, 0.1) is 0 Å². The van der Waals surface area contributed by atoms with Gasteiger partial charge in [-0.1, -0.05) is 20.3 Å². The molecule has 2 fully saturated rings. The van der Waals surface area contributed by atoms with Gasteiger partial charge < -0.3 is 0 Å². The molecule has 0 amide bonds. The van der Waals surface area contributed by atoms with Crippen LogP contribution in [0.3, 0.4) is 0 Å². The molecule has 13 heavy (non-hydrogen) atoms. The van der Waals surface area contributed by atoms with Crippen molar-refractivity contribution >= 4 is 11.8 Å². The van der Waals surface area contributed by atoms with Gasteiger partial charge in [0, 0.05) is 10.5 Å². The van der Waals surface area contributed by atoms with Gasteiger partial charge in [-0.15, -0.1) is 0 Å². The monoisotopic (exact) mass is 198 g/mol. The highest BCUT2D eigenvalue weighted by molar-refractivity contribution is 8.00. The summed E-state index contributed by atoms with van der Waals surface area (Å²) < 4.78 is 0. The van der Waals surface area contributed by atoms with Crippen molar-refractivity contribution in [3.63, 3.8) is 0 Å². The molecular formula is C12H22S. The minimum atomic E-state index is 0.907. The van der Waals surface area contributed by atoms with E-state index in [9.17, 15) is 0 Å². The van der Waals surface area contributed by atoms with E-state index in [0.29, 0.717) is 0 Å². The molecule has 2 bridgehead atoms. The Hall–Kier alpha value is 0.350. The molecule has 0 aliphatic carbocycles. The summed E-state index contributed by atoms with van der Waals surface area (Å²) in [5.41, 5.74) is 0. The van der Waals surface area contributed by atoms with Crippen LogP contribution in [0.2, 0.25) is 0 Å². The lowest BCUT2D eigenvalue weighted by Gasteiger charge is -2.40. The van der Waals surface area contributed by atoms with E-state index < -0.39 is 0 Å². The molecule has 2 aliphatic rings. The van der Waals surface area contributed by atoms with E-state index in [1.54, 1.807) is 0 Å². The van der Waals surface area contributed by atoms with E-state index in [4.69, 9.17) is 0 Å². The topological polar surface area (TPSA) is 0 Å². The highest BCUT2D eigenvalue weighted by Crippen LogP contribution is 2.46. The van der Waals surface area contributed by atoms with E-state index in [0.717, 1.165) is 22.3 Å². The summed E-state index contributed by atoms with van der Waals surface area (Å²) in [4.78, 5) is 0. The number of fused-ring (bicyclic) bond motifs is 2. The Balaban J connectivity index is 1.90. The third-order valence-corrected chi connectivity index (χ3v) is 5.37. The largest absolute Gasteiger partial charge is 0.155 e. The third kappa shape index (κ3) is 2.43. The summed E-state index contributed by atoms with van der Waals surface area (Å²) in [6.07, 6.45) is 9.05. The van der Waals surface area contributed by atoms with Gasteiger partial charge in [-0.2, -0.15) is 11.8 Å². The zero-order chi connectivity index (χ0) is 9.26. The van der Waals surface area contributed by atoms with Crippen LogP contribution in [-0.2, 0) is 0 Å². The van der Waals surface area contributed by atoms with Crippen molar-refractivity contribution in [2.24, 2.45) is 11.8 Å². The van der Waals surface area contributed by atoms with E-state index in [1.807, 2.05) is 0 Å². The maximum atomic E-state index is 2.37. The van der Waals surface area contributed by atoms with Gasteiger partial charge in [0.2, 0.25) is 0 Å². The maximum Gasteiger partial charge on any atom is 0.00782 e. The Bertz CT molecular complexity index is 165. The van der Waals surface area contributed by atoms with Crippen molar-refractivity contribution in [3.8, 4) is 0 Å². The van der Waals surface area contributed by atoms with Crippen LogP contribution in [0.25, 0.3) is 0 Å². The van der Waals surface area contributed by atoms with Crippen LogP contribution >= 0.6 is 11.8 Å². The molecule has 0 radical (unpaired) electrons. The van der Waals surface area contributed by atoms with Gasteiger partial charge in [-0.3, -0.25) is 0 Å². The van der Waals surface area contributed by atoms with E-state index in [-0.39, 0.29) is 0 Å². The second kappa shape index (κ2) is 4.25. The first-order valence-corrected chi connectivity index (χ1v) is 6.85. The Morgan fingerprint density at radius 3 is 2.77 bits per heavy atom. The molecule has 2 rings (SSSR count). The Morgan fingerprint density at radius 1 is 1.15 bits per heavy atom. The normalized spacial score (nSPS) is 39.5. The number of hydrogen-bond acceptors (Lipinski definition) is 1. The molecular weight excluding hydrogens is 176 g/mol. The van der Waals surface area contributed by atoms with Crippen molar-refractivity contribution in [1.82, 2.24) is 0 Å². The molecule has 0 aromatic carbocycles. The summed E-state index contributed by atoms with van der Waals surface area (Å²) in [6, 6.07) is 0. The molecule has 2 aliphatic heterocycles. The van der Waals surface area contributed by atoms with Crippen LogP contribution in [0.4, 0.5) is 0 Å². The molecule has 0 aromatic rings. The second-order valence-electron chi connectivity index (χ2n) is 5.19. The third-order valence-electron chi connectivity index (χ3n) is 3.54. The number of hydrogen-bond donors (Lipinski definition) is 0. The zero-order valence-electron chi connectivity index (χ0n) is 8.96. The highest BCUT2D eigenvalue weighted by Gasteiger charge is 2.33. The van der Waals surface area contributed by atoms with E-state index >= 15 is 0 Å². The smallest absolute Gasteiger partial charge is 0.00782 e. The van der Waals surface area contributed by atoms with Gasteiger partial charge in [0.1, 0.15) is 0 Å². The van der Waals surface area contributed by atoms with E-state index in [1.165, 1.54) is 38.5 Å². The van der Waals surface area contributed by atoms with Crippen LogP contribution in [0.1, 0.15) is 52.4 Å². The Labute approximate surface area is 86.9 Å². The lowest BCUT2D eigenvalue weighted by molar-refractivity contribution is 0.318. The van der Waals surface area contributed by atoms with Crippen molar-refractivity contribution in [3.05, 3.63) is 0 Å². The van der Waals surface area contributed by atoms with Crippen LogP contribution in [0.15, 0.2) is 0 Å². The first kappa shape index (κ1) is 9.89. The molecule has 0 nitrogen and oxygen atoms in total.